The maximum Gasteiger partial charge on any atom is 0.321 e. The van der Waals surface area contributed by atoms with E-state index in [1.165, 1.54) is 11.2 Å². The molecule has 0 spiro atoms. The second-order valence-electron chi connectivity index (χ2n) is 7.26. The predicted molar refractivity (Wildman–Crippen MR) is 106 cm³/mol. The molecule has 3 atom stereocenters. The first kappa shape index (κ1) is 21.5. The van der Waals surface area contributed by atoms with Crippen molar-refractivity contribution < 1.29 is 22.8 Å². The summed E-state index contributed by atoms with van der Waals surface area (Å²) in [6.07, 6.45) is 1.06. The van der Waals surface area contributed by atoms with E-state index in [9.17, 15) is 22.8 Å². The number of hydrogen-bond donors (Lipinski definition) is 3. The van der Waals surface area contributed by atoms with E-state index in [1.54, 1.807) is 18.2 Å². The number of piperidine rings is 1. The van der Waals surface area contributed by atoms with Gasteiger partial charge in [0.05, 0.1) is 12.0 Å². The van der Waals surface area contributed by atoms with Crippen molar-refractivity contribution in [3.05, 3.63) is 34.9 Å². The van der Waals surface area contributed by atoms with Crippen LogP contribution in [0.5, 0.6) is 0 Å². The number of carbonyl (C=O) groups is 3. The first-order valence-electron chi connectivity index (χ1n) is 9.31. The normalized spacial score (nSPS) is 25.8. The molecule has 1 aromatic rings. The summed E-state index contributed by atoms with van der Waals surface area (Å²) >= 11 is 5.94. The van der Waals surface area contributed by atoms with Crippen molar-refractivity contribution in [2.45, 2.75) is 37.6 Å². The number of amides is 4. The molecule has 1 aromatic carbocycles. The van der Waals surface area contributed by atoms with Gasteiger partial charge in [0.25, 0.3) is 0 Å². The SMILES string of the molecule is CC1NC(=O)NC(=O)C1S(=O)(=O)N1CCCC(C(=O)NCc2cccc(Cl)c2)C1. The number of imide groups is 1. The molecule has 2 aliphatic rings. The van der Waals surface area contributed by atoms with Gasteiger partial charge in [0, 0.05) is 24.7 Å². The predicted octanol–water partition coefficient (Wildman–Crippen LogP) is 0.595. The third-order valence-corrected chi connectivity index (χ3v) is 7.65. The van der Waals surface area contributed by atoms with Crippen LogP contribution in [-0.2, 0) is 26.2 Å². The Morgan fingerprint density at radius 1 is 1.34 bits per heavy atom. The molecule has 4 amide bonds. The van der Waals surface area contributed by atoms with Gasteiger partial charge in [-0.25, -0.2) is 17.5 Å². The highest BCUT2D eigenvalue weighted by Gasteiger charge is 2.46. The van der Waals surface area contributed by atoms with Crippen molar-refractivity contribution in [2.24, 2.45) is 5.92 Å². The fourth-order valence-corrected chi connectivity index (χ4v) is 5.87. The topological polar surface area (TPSA) is 125 Å². The van der Waals surface area contributed by atoms with Crippen LogP contribution in [0.1, 0.15) is 25.3 Å². The van der Waals surface area contributed by atoms with Gasteiger partial charge >= 0.3 is 6.03 Å². The highest BCUT2D eigenvalue weighted by molar-refractivity contribution is 7.90. The Bertz CT molecular complexity index is 923. The first-order chi connectivity index (χ1) is 13.7. The van der Waals surface area contributed by atoms with Gasteiger partial charge in [-0.05, 0) is 37.5 Å². The van der Waals surface area contributed by atoms with Crippen molar-refractivity contribution in [1.82, 2.24) is 20.3 Å². The molecule has 0 radical (unpaired) electrons. The van der Waals surface area contributed by atoms with Gasteiger partial charge in [0.2, 0.25) is 21.8 Å². The van der Waals surface area contributed by atoms with Crippen LogP contribution in [0.15, 0.2) is 24.3 Å². The summed E-state index contributed by atoms with van der Waals surface area (Å²) in [5.41, 5.74) is 0.842. The summed E-state index contributed by atoms with van der Waals surface area (Å²) in [6.45, 7) is 1.98. The maximum atomic E-state index is 13.0. The van der Waals surface area contributed by atoms with Crippen LogP contribution in [0.3, 0.4) is 0 Å². The van der Waals surface area contributed by atoms with Gasteiger partial charge in [0.1, 0.15) is 0 Å². The number of sulfonamides is 1. The lowest BCUT2D eigenvalue weighted by atomic mass is 9.99. The molecule has 0 bridgehead atoms. The molecule has 2 aliphatic heterocycles. The van der Waals surface area contributed by atoms with Crippen molar-refractivity contribution in [1.29, 1.82) is 0 Å². The molecular formula is C18H23ClN4O5S. The third kappa shape index (κ3) is 4.88. The molecule has 0 aliphatic carbocycles. The van der Waals surface area contributed by atoms with E-state index >= 15 is 0 Å². The van der Waals surface area contributed by atoms with Crippen LogP contribution in [0.2, 0.25) is 5.02 Å². The largest absolute Gasteiger partial charge is 0.352 e. The van der Waals surface area contributed by atoms with Gasteiger partial charge in [-0.3, -0.25) is 14.9 Å². The van der Waals surface area contributed by atoms with Crippen LogP contribution in [0.25, 0.3) is 0 Å². The monoisotopic (exact) mass is 442 g/mol. The Hall–Kier alpha value is -2.17. The van der Waals surface area contributed by atoms with Crippen molar-refractivity contribution >= 4 is 39.5 Å². The minimum absolute atomic E-state index is 0.00579. The molecule has 11 heteroatoms. The highest BCUT2D eigenvalue weighted by Crippen LogP contribution is 2.24. The molecule has 158 valence electrons. The highest BCUT2D eigenvalue weighted by atomic mass is 35.5. The number of halogens is 1. The van der Waals surface area contributed by atoms with E-state index in [2.05, 4.69) is 10.6 Å². The standard InChI is InChI=1S/C18H23ClN4O5S/c1-11-15(17(25)22-18(26)21-11)29(27,28)23-7-3-5-13(10-23)16(24)20-9-12-4-2-6-14(19)8-12/h2,4,6,8,11,13,15H,3,5,7,9-10H2,1H3,(H,20,24)(H2,21,22,25,26). The zero-order chi connectivity index (χ0) is 21.2. The molecule has 29 heavy (non-hydrogen) atoms. The van der Waals surface area contributed by atoms with E-state index < -0.39 is 39.2 Å². The van der Waals surface area contributed by atoms with Gasteiger partial charge in [-0.2, -0.15) is 0 Å². The Kier molecular flexibility index (Phi) is 6.45. The zero-order valence-electron chi connectivity index (χ0n) is 15.9. The third-order valence-electron chi connectivity index (χ3n) is 5.10. The van der Waals surface area contributed by atoms with Crippen molar-refractivity contribution in [3.63, 3.8) is 0 Å². The van der Waals surface area contributed by atoms with Crippen molar-refractivity contribution in [2.75, 3.05) is 13.1 Å². The van der Waals surface area contributed by atoms with Crippen LogP contribution in [-0.4, -0.2) is 54.9 Å². The van der Waals surface area contributed by atoms with Crippen LogP contribution in [0.4, 0.5) is 4.79 Å². The molecular weight excluding hydrogens is 420 g/mol. The number of carbonyl (C=O) groups excluding carboxylic acids is 3. The summed E-state index contributed by atoms with van der Waals surface area (Å²) in [7, 11) is -4.04. The molecule has 3 N–H and O–H groups in total. The van der Waals surface area contributed by atoms with Gasteiger partial charge in [-0.15, -0.1) is 0 Å². The molecule has 2 saturated heterocycles. The summed E-state index contributed by atoms with van der Waals surface area (Å²) in [5, 5.41) is 6.37. The summed E-state index contributed by atoms with van der Waals surface area (Å²) in [6, 6.07) is 5.53. The average Bonchev–Trinajstić information content (AvgIpc) is 2.65. The maximum absolute atomic E-state index is 13.0. The summed E-state index contributed by atoms with van der Waals surface area (Å²) < 4.78 is 27.2. The molecule has 9 nitrogen and oxygen atoms in total. The molecule has 0 saturated carbocycles. The van der Waals surface area contributed by atoms with Gasteiger partial charge < -0.3 is 10.6 Å². The Morgan fingerprint density at radius 2 is 2.10 bits per heavy atom. The lowest BCUT2D eigenvalue weighted by molar-refractivity contribution is -0.126. The second kappa shape index (κ2) is 8.68. The number of hydrogen-bond acceptors (Lipinski definition) is 5. The number of nitrogens with zero attached hydrogens (tertiary/aromatic N) is 1. The molecule has 0 aromatic heterocycles. The average molecular weight is 443 g/mol. The van der Waals surface area contributed by atoms with Crippen LogP contribution < -0.4 is 16.0 Å². The number of benzene rings is 1. The summed E-state index contributed by atoms with van der Waals surface area (Å²) in [5.74, 6) is -1.62. The zero-order valence-corrected chi connectivity index (χ0v) is 17.4. The van der Waals surface area contributed by atoms with E-state index in [1.807, 2.05) is 11.4 Å². The van der Waals surface area contributed by atoms with E-state index in [0.29, 0.717) is 17.9 Å². The van der Waals surface area contributed by atoms with E-state index in [4.69, 9.17) is 11.6 Å². The smallest absolute Gasteiger partial charge is 0.321 e. The number of urea groups is 1. The van der Waals surface area contributed by atoms with Gasteiger partial charge in [-0.1, -0.05) is 23.7 Å². The van der Waals surface area contributed by atoms with Crippen molar-refractivity contribution in [3.8, 4) is 0 Å². The Balaban J connectivity index is 1.65. The molecule has 2 heterocycles. The lowest BCUT2D eigenvalue weighted by Crippen LogP contribution is -2.65. The minimum atomic E-state index is -4.04. The quantitative estimate of drug-likeness (QED) is 0.615. The fraction of sp³-hybridized carbons (Fsp3) is 0.500. The van der Waals surface area contributed by atoms with E-state index in [-0.39, 0.29) is 25.5 Å². The number of rotatable bonds is 5. The van der Waals surface area contributed by atoms with Gasteiger partial charge in [0.15, 0.2) is 5.25 Å². The Labute approximate surface area is 174 Å². The number of nitrogens with one attached hydrogen (secondary N) is 3. The molecule has 3 unspecified atom stereocenters. The first-order valence-corrected chi connectivity index (χ1v) is 11.2. The summed E-state index contributed by atoms with van der Waals surface area (Å²) in [4.78, 5) is 36.1. The van der Waals surface area contributed by atoms with Crippen LogP contribution >= 0.6 is 11.6 Å². The second-order valence-corrected chi connectivity index (χ2v) is 9.75. The lowest BCUT2D eigenvalue weighted by Gasteiger charge is -2.36. The fourth-order valence-electron chi connectivity index (χ4n) is 3.65. The Morgan fingerprint density at radius 3 is 2.79 bits per heavy atom. The minimum Gasteiger partial charge on any atom is -0.352 e. The molecule has 2 fully saturated rings. The van der Waals surface area contributed by atoms with E-state index in [0.717, 1.165) is 5.56 Å². The molecule has 3 rings (SSSR count). The van der Waals surface area contributed by atoms with Crippen LogP contribution in [0, 0.1) is 5.92 Å².